The minimum absolute atomic E-state index is 0.00122. The van der Waals surface area contributed by atoms with Crippen LogP contribution in [0.3, 0.4) is 0 Å². The van der Waals surface area contributed by atoms with Crippen molar-refractivity contribution in [3.05, 3.63) is 12.7 Å². The molecule has 0 bridgehead atoms. The van der Waals surface area contributed by atoms with Crippen LogP contribution in [-0.2, 0) is 19.2 Å². The maximum absolute atomic E-state index is 11.8. The Kier molecular flexibility index (Phi) is 8.61. The van der Waals surface area contributed by atoms with Crippen LogP contribution in [0.1, 0.15) is 27.2 Å². The van der Waals surface area contributed by atoms with E-state index in [9.17, 15) is 19.2 Å². The van der Waals surface area contributed by atoms with E-state index < -0.39 is 11.8 Å². The third-order valence-electron chi connectivity index (χ3n) is 2.86. The van der Waals surface area contributed by atoms with Crippen LogP contribution in [0.5, 0.6) is 0 Å². The van der Waals surface area contributed by atoms with Gasteiger partial charge < -0.3 is 0 Å². The smallest absolute Gasteiger partial charge is 0.252 e. The number of hydrogen-bond donors (Lipinski definition) is 0. The first kappa shape index (κ1) is 19.4. The monoisotopic (exact) mass is 314 g/mol. The number of carbonyl (C=O) groups excluding carboxylic acids is 4. The number of carbonyl (C=O) groups is 4. The topological polar surface area (TPSA) is 74.8 Å². The molecule has 0 spiro atoms. The SMILES string of the molecule is C=CC(=O)N(CCN1C(=O)CC(SC)C1=O)C(C)=O.CC. The van der Waals surface area contributed by atoms with Gasteiger partial charge in [0.2, 0.25) is 17.7 Å². The summed E-state index contributed by atoms with van der Waals surface area (Å²) in [5.74, 6) is -1.50. The van der Waals surface area contributed by atoms with Gasteiger partial charge in [-0.25, -0.2) is 0 Å². The summed E-state index contributed by atoms with van der Waals surface area (Å²) in [6.07, 6.45) is 2.97. The molecule has 1 aliphatic heterocycles. The molecule has 1 saturated heterocycles. The van der Waals surface area contributed by atoms with Crippen LogP contribution in [-0.4, -0.2) is 58.0 Å². The van der Waals surface area contributed by atoms with Crippen molar-refractivity contribution >= 4 is 35.4 Å². The number of likely N-dealkylation sites (tertiary alicyclic amines) is 1. The van der Waals surface area contributed by atoms with Gasteiger partial charge >= 0.3 is 0 Å². The molecule has 0 aromatic rings. The summed E-state index contributed by atoms with van der Waals surface area (Å²) in [7, 11) is 0. The Hall–Kier alpha value is -1.63. The third-order valence-corrected chi connectivity index (χ3v) is 3.79. The van der Waals surface area contributed by atoms with E-state index in [-0.39, 0.29) is 36.6 Å². The molecule has 6 nitrogen and oxygen atoms in total. The van der Waals surface area contributed by atoms with E-state index in [4.69, 9.17) is 0 Å². The Morgan fingerprint density at radius 2 is 2.00 bits per heavy atom. The van der Waals surface area contributed by atoms with E-state index in [0.717, 1.165) is 15.9 Å². The second kappa shape index (κ2) is 9.33. The zero-order valence-electron chi connectivity index (χ0n) is 12.9. The average Bonchev–Trinajstić information content (AvgIpc) is 2.75. The Labute approximate surface area is 129 Å². The highest BCUT2D eigenvalue weighted by atomic mass is 32.2. The number of amides is 4. The van der Waals surface area contributed by atoms with Gasteiger partial charge in [-0.15, -0.1) is 0 Å². The molecule has 0 aromatic carbocycles. The van der Waals surface area contributed by atoms with Crippen LogP contribution in [0.25, 0.3) is 0 Å². The summed E-state index contributed by atoms with van der Waals surface area (Å²) in [6.45, 7) is 8.59. The van der Waals surface area contributed by atoms with Crippen LogP contribution in [0, 0.1) is 0 Å². The second-order valence-corrected chi connectivity index (χ2v) is 5.07. The molecule has 1 rings (SSSR count). The molecule has 0 aromatic heterocycles. The summed E-state index contributed by atoms with van der Waals surface area (Å²) in [4.78, 5) is 48.3. The van der Waals surface area contributed by atoms with E-state index in [0.29, 0.717) is 0 Å². The van der Waals surface area contributed by atoms with Gasteiger partial charge in [0, 0.05) is 26.4 Å². The molecule has 0 aliphatic carbocycles. The van der Waals surface area contributed by atoms with Gasteiger partial charge in [-0.05, 0) is 12.3 Å². The van der Waals surface area contributed by atoms with Gasteiger partial charge in [-0.2, -0.15) is 11.8 Å². The fourth-order valence-electron chi connectivity index (χ4n) is 1.80. The molecule has 118 valence electrons. The Bertz CT molecular complexity index is 437. The highest BCUT2D eigenvalue weighted by Gasteiger charge is 2.38. The maximum atomic E-state index is 11.8. The van der Waals surface area contributed by atoms with Crippen molar-refractivity contribution in [1.29, 1.82) is 0 Å². The van der Waals surface area contributed by atoms with Gasteiger partial charge in [0.1, 0.15) is 0 Å². The molecule has 0 radical (unpaired) electrons. The van der Waals surface area contributed by atoms with Crippen molar-refractivity contribution in [2.45, 2.75) is 32.4 Å². The number of thioether (sulfide) groups is 1. The highest BCUT2D eigenvalue weighted by molar-refractivity contribution is 8.00. The first-order valence-electron chi connectivity index (χ1n) is 6.73. The van der Waals surface area contributed by atoms with Crippen LogP contribution >= 0.6 is 11.8 Å². The number of hydrogen-bond acceptors (Lipinski definition) is 5. The van der Waals surface area contributed by atoms with E-state index in [1.807, 2.05) is 13.8 Å². The highest BCUT2D eigenvalue weighted by Crippen LogP contribution is 2.22. The van der Waals surface area contributed by atoms with Crippen LogP contribution in [0.2, 0.25) is 0 Å². The van der Waals surface area contributed by atoms with Crippen molar-refractivity contribution in [3.8, 4) is 0 Å². The van der Waals surface area contributed by atoms with E-state index >= 15 is 0 Å². The Morgan fingerprint density at radius 3 is 2.38 bits per heavy atom. The van der Waals surface area contributed by atoms with E-state index in [1.54, 1.807) is 6.26 Å². The average molecular weight is 314 g/mol. The molecule has 1 fully saturated rings. The summed E-state index contributed by atoms with van der Waals surface area (Å²) >= 11 is 1.32. The molecule has 21 heavy (non-hydrogen) atoms. The Balaban J connectivity index is 0.00000191. The molecule has 1 aliphatic rings. The van der Waals surface area contributed by atoms with Gasteiger partial charge in [0.05, 0.1) is 5.25 Å². The summed E-state index contributed by atoms with van der Waals surface area (Å²) in [5.41, 5.74) is 0. The van der Waals surface area contributed by atoms with Gasteiger partial charge in [0.15, 0.2) is 0 Å². The zero-order chi connectivity index (χ0) is 16.6. The molecule has 7 heteroatoms. The standard InChI is InChI=1S/C12H16N2O4S.C2H6/c1-4-10(16)13(8(2)15)5-6-14-11(17)7-9(19-3)12(14)18;1-2/h4,9H,1,5-7H2,2-3H3;1-2H3. The van der Waals surface area contributed by atoms with Crippen LogP contribution in [0.15, 0.2) is 12.7 Å². The normalized spacial score (nSPS) is 17.1. The fraction of sp³-hybridized carbons (Fsp3) is 0.571. The first-order valence-corrected chi connectivity index (χ1v) is 8.02. The zero-order valence-corrected chi connectivity index (χ0v) is 13.7. The number of nitrogens with zero attached hydrogens (tertiary/aromatic N) is 2. The van der Waals surface area contributed by atoms with Gasteiger partial charge in [0.25, 0.3) is 5.91 Å². The molecule has 0 saturated carbocycles. The Morgan fingerprint density at radius 1 is 1.43 bits per heavy atom. The molecule has 4 amide bonds. The molecule has 1 unspecified atom stereocenters. The summed E-state index contributed by atoms with van der Waals surface area (Å²) < 4.78 is 0. The lowest BCUT2D eigenvalue weighted by Gasteiger charge is -2.21. The van der Waals surface area contributed by atoms with Crippen molar-refractivity contribution in [2.24, 2.45) is 0 Å². The minimum atomic E-state index is -0.534. The lowest BCUT2D eigenvalue weighted by molar-refractivity contribution is -0.144. The molecule has 1 atom stereocenters. The maximum Gasteiger partial charge on any atom is 0.252 e. The second-order valence-electron chi connectivity index (χ2n) is 4.03. The fourth-order valence-corrected chi connectivity index (χ4v) is 2.44. The lowest BCUT2D eigenvalue weighted by Crippen LogP contribution is -2.42. The number of rotatable bonds is 5. The quantitative estimate of drug-likeness (QED) is 0.560. The van der Waals surface area contributed by atoms with Crippen LogP contribution < -0.4 is 0 Å². The molecular weight excluding hydrogens is 292 g/mol. The minimum Gasteiger partial charge on any atom is -0.280 e. The molecule has 0 N–H and O–H groups in total. The summed E-state index contributed by atoms with van der Waals surface area (Å²) in [5, 5.41) is -0.353. The van der Waals surface area contributed by atoms with Crippen molar-refractivity contribution in [1.82, 2.24) is 9.80 Å². The molecular formula is C14H22N2O4S. The molecule has 1 heterocycles. The third kappa shape index (κ3) is 5.00. The van der Waals surface area contributed by atoms with Gasteiger partial charge in [-0.1, -0.05) is 20.4 Å². The van der Waals surface area contributed by atoms with Crippen LogP contribution in [0.4, 0.5) is 0 Å². The van der Waals surface area contributed by atoms with Crippen molar-refractivity contribution in [3.63, 3.8) is 0 Å². The van der Waals surface area contributed by atoms with Crippen molar-refractivity contribution < 1.29 is 19.2 Å². The largest absolute Gasteiger partial charge is 0.280 e. The first-order chi connectivity index (χ1) is 9.92. The predicted molar refractivity (Wildman–Crippen MR) is 82.6 cm³/mol. The van der Waals surface area contributed by atoms with E-state index in [2.05, 4.69) is 6.58 Å². The van der Waals surface area contributed by atoms with E-state index in [1.165, 1.54) is 18.7 Å². The number of imide groups is 2. The van der Waals surface area contributed by atoms with Gasteiger partial charge in [-0.3, -0.25) is 29.0 Å². The van der Waals surface area contributed by atoms with Crippen molar-refractivity contribution in [2.75, 3.05) is 19.3 Å². The summed E-state index contributed by atoms with van der Waals surface area (Å²) in [6, 6.07) is 0. The predicted octanol–water partition coefficient (Wildman–Crippen LogP) is 1.06. The lowest BCUT2D eigenvalue weighted by atomic mass is 10.4.